The second-order valence-corrected chi connectivity index (χ2v) is 4.88. The summed E-state index contributed by atoms with van der Waals surface area (Å²) < 4.78 is 17.6. The van der Waals surface area contributed by atoms with Gasteiger partial charge in [-0.05, 0) is 20.8 Å². The molecule has 2 heterocycles. The summed E-state index contributed by atoms with van der Waals surface area (Å²) in [6.07, 6.45) is 3.70. The highest BCUT2D eigenvalue weighted by Gasteiger charge is 2.30. The first-order valence-corrected chi connectivity index (χ1v) is 6.68. The Balaban J connectivity index is 2.09. The number of aryl methyl sites for hydroxylation is 2. The van der Waals surface area contributed by atoms with Crippen LogP contribution in [0, 0.1) is 13.8 Å². The summed E-state index contributed by atoms with van der Waals surface area (Å²) in [5.74, 6) is -0.980. The van der Waals surface area contributed by atoms with Gasteiger partial charge < -0.3 is 14.2 Å². The molecule has 0 spiro atoms. The number of aromatic nitrogens is 2. The standard InChI is InChI=1S/C14H20N2O4/c1-5-18-13(17)12-10(2)15-16(11(12)3)7-6-14(4)19-8-9-20-14/h8-9H,5-7H2,1-4H3. The highest BCUT2D eigenvalue weighted by atomic mass is 16.7. The third kappa shape index (κ3) is 2.79. The number of esters is 1. The molecular weight excluding hydrogens is 260 g/mol. The maximum atomic E-state index is 11.9. The van der Waals surface area contributed by atoms with E-state index in [0.29, 0.717) is 30.8 Å². The van der Waals surface area contributed by atoms with Crippen LogP contribution in [0.2, 0.25) is 0 Å². The van der Waals surface area contributed by atoms with Crippen LogP contribution < -0.4 is 0 Å². The summed E-state index contributed by atoms with van der Waals surface area (Å²) in [7, 11) is 0. The maximum absolute atomic E-state index is 11.9. The van der Waals surface area contributed by atoms with Crippen LogP contribution in [0.25, 0.3) is 0 Å². The molecule has 1 aliphatic heterocycles. The van der Waals surface area contributed by atoms with Crippen LogP contribution in [0.3, 0.4) is 0 Å². The summed E-state index contributed by atoms with van der Waals surface area (Å²) >= 11 is 0. The molecule has 1 aromatic rings. The number of nitrogens with zero attached hydrogens (tertiary/aromatic N) is 2. The van der Waals surface area contributed by atoms with Crippen LogP contribution in [0.15, 0.2) is 12.5 Å². The quantitative estimate of drug-likeness (QED) is 0.774. The fourth-order valence-corrected chi connectivity index (χ4v) is 2.21. The minimum Gasteiger partial charge on any atom is -0.462 e. The minimum absolute atomic E-state index is 0.324. The lowest BCUT2D eigenvalue weighted by atomic mass is 10.2. The Kier molecular flexibility index (Phi) is 4.01. The van der Waals surface area contributed by atoms with Gasteiger partial charge in [-0.25, -0.2) is 4.79 Å². The lowest BCUT2D eigenvalue weighted by molar-refractivity contribution is -0.133. The molecule has 1 aliphatic rings. The summed E-state index contributed by atoms with van der Waals surface area (Å²) in [6, 6.07) is 0. The molecule has 20 heavy (non-hydrogen) atoms. The van der Waals surface area contributed by atoms with Gasteiger partial charge in [-0.2, -0.15) is 5.10 Å². The zero-order valence-corrected chi connectivity index (χ0v) is 12.3. The van der Waals surface area contributed by atoms with Gasteiger partial charge in [0, 0.05) is 19.9 Å². The van der Waals surface area contributed by atoms with Crippen LogP contribution in [0.1, 0.15) is 42.0 Å². The first kappa shape index (κ1) is 14.4. The molecule has 0 N–H and O–H groups in total. The maximum Gasteiger partial charge on any atom is 0.341 e. The first-order valence-electron chi connectivity index (χ1n) is 6.68. The Morgan fingerprint density at radius 3 is 2.65 bits per heavy atom. The minimum atomic E-state index is -0.656. The SMILES string of the molecule is CCOC(=O)c1c(C)nn(CCC2(C)OC=CO2)c1C. The van der Waals surface area contributed by atoms with Crippen LogP contribution >= 0.6 is 0 Å². The van der Waals surface area contributed by atoms with E-state index in [1.807, 2.05) is 20.8 Å². The van der Waals surface area contributed by atoms with Crippen molar-refractivity contribution >= 4 is 5.97 Å². The predicted molar refractivity (Wildman–Crippen MR) is 72.0 cm³/mol. The van der Waals surface area contributed by atoms with Crippen molar-refractivity contribution in [3.63, 3.8) is 0 Å². The van der Waals surface area contributed by atoms with Crippen LogP contribution in [0.5, 0.6) is 0 Å². The number of hydrogen-bond donors (Lipinski definition) is 0. The Morgan fingerprint density at radius 1 is 1.40 bits per heavy atom. The van der Waals surface area contributed by atoms with Crippen molar-refractivity contribution in [3.05, 3.63) is 29.5 Å². The molecule has 0 radical (unpaired) electrons. The van der Waals surface area contributed by atoms with E-state index >= 15 is 0 Å². The van der Waals surface area contributed by atoms with Crippen molar-refractivity contribution in [1.82, 2.24) is 9.78 Å². The Labute approximate surface area is 118 Å². The number of carbonyl (C=O) groups is 1. The molecule has 0 saturated heterocycles. The fraction of sp³-hybridized carbons (Fsp3) is 0.571. The van der Waals surface area contributed by atoms with Crippen molar-refractivity contribution in [1.29, 1.82) is 0 Å². The summed E-state index contributed by atoms with van der Waals surface area (Å²) in [5, 5.41) is 4.39. The predicted octanol–water partition coefficient (Wildman–Crippen LogP) is 2.30. The average Bonchev–Trinajstić information content (AvgIpc) is 2.93. The molecule has 0 amide bonds. The van der Waals surface area contributed by atoms with Gasteiger partial charge >= 0.3 is 5.97 Å². The largest absolute Gasteiger partial charge is 0.462 e. The fourth-order valence-electron chi connectivity index (χ4n) is 2.21. The van der Waals surface area contributed by atoms with E-state index in [1.165, 1.54) is 12.5 Å². The lowest BCUT2D eigenvalue weighted by Crippen LogP contribution is -2.27. The molecule has 6 nitrogen and oxygen atoms in total. The smallest absolute Gasteiger partial charge is 0.341 e. The topological polar surface area (TPSA) is 62.6 Å². The highest BCUT2D eigenvalue weighted by Crippen LogP contribution is 2.25. The van der Waals surface area contributed by atoms with Gasteiger partial charge in [0.05, 0.1) is 18.0 Å². The van der Waals surface area contributed by atoms with Gasteiger partial charge in [-0.15, -0.1) is 0 Å². The second kappa shape index (κ2) is 5.56. The monoisotopic (exact) mass is 280 g/mol. The Bertz CT molecular complexity index is 526. The summed E-state index contributed by atoms with van der Waals surface area (Å²) in [6.45, 7) is 8.28. The summed E-state index contributed by atoms with van der Waals surface area (Å²) in [4.78, 5) is 11.9. The van der Waals surface area contributed by atoms with E-state index in [-0.39, 0.29) is 5.97 Å². The molecule has 0 aliphatic carbocycles. The molecule has 0 aromatic carbocycles. The molecule has 110 valence electrons. The van der Waals surface area contributed by atoms with E-state index in [4.69, 9.17) is 14.2 Å². The van der Waals surface area contributed by atoms with E-state index in [0.717, 1.165) is 5.69 Å². The van der Waals surface area contributed by atoms with Crippen molar-refractivity contribution in [3.8, 4) is 0 Å². The average molecular weight is 280 g/mol. The number of rotatable bonds is 5. The van der Waals surface area contributed by atoms with Gasteiger partial charge in [0.25, 0.3) is 0 Å². The first-order chi connectivity index (χ1) is 9.47. The number of ether oxygens (including phenoxy) is 3. The lowest BCUT2D eigenvalue weighted by Gasteiger charge is -2.22. The molecule has 6 heteroatoms. The van der Waals surface area contributed by atoms with Crippen molar-refractivity contribution < 1.29 is 19.0 Å². The number of carbonyl (C=O) groups excluding carboxylic acids is 1. The van der Waals surface area contributed by atoms with E-state index in [2.05, 4.69) is 5.10 Å². The molecule has 1 aromatic heterocycles. The van der Waals surface area contributed by atoms with Crippen LogP contribution in [-0.2, 0) is 20.8 Å². The van der Waals surface area contributed by atoms with Gasteiger partial charge in [-0.1, -0.05) is 0 Å². The molecule has 0 bridgehead atoms. The molecular formula is C14H20N2O4. The van der Waals surface area contributed by atoms with E-state index in [9.17, 15) is 4.79 Å². The zero-order chi connectivity index (χ0) is 14.8. The molecule has 0 atom stereocenters. The Hall–Kier alpha value is -1.98. The van der Waals surface area contributed by atoms with Gasteiger partial charge in [-0.3, -0.25) is 4.68 Å². The van der Waals surface area contributed by atoms with Crippen molar-refractivity contribution in [2.45, 2.75) is 46.4 Å². The molecule has 0 saturated carbocycles. The normalized spacial score (nSPS) is 15.8. The second-order valence-electron chi connectivity index (χ2n) is 4.88. The van der Waals surface area contributed by atoms with Crippen molar-refractivity contribution in [2.24, 2.45) is 0 Å². The van der Waals surface area contributed by atoms with Crippen LogP contribution in [-0.4, -0.2) is 28.1 Å². The Morgan fingerprint density at radius 2 is 2.05 bits per heavy atom. The molecule has 0 fully saturated rings. The zero-order valence-electron chi connectivity index (χ0n) is 12.3. The van der Waals surface area contributed by atoms with E-state index < -0.39 is 5.79 Å². The summed E-state index contributed by atoms with van der Waals surface area (Å²) in [5.41, 5.74) is 2.02. The number of hydrogen-bond acceptors (Lipinski definition) is 5. The van der Waals surface area contributed by atoms with Crippen molar-refractivity contribution in [2.75, 3.05) is 6.61 Å². The van der Waals surface area contributed by atoms with Gasteiger partial charge in [0.15, 0.2) is 0 Å². The van der Waals surface area contributed by atoms with Gasteiger partial charge in [0.1, 0.15) is 18.1 Å². The molecule has 2 rings (SSSR count). The van der Waals surface area contributed by atoms with Crippen LogP contribution in [0.4, 0.5) is 0 Å². The molecule has 0 unspecified atom stereocenters. The van der Waals surface area contributed by atoms with Gasteiger partial charge in [0.2, 0.25) is 5.79 Å². The van der Waals surface area contributed by atoms with E-state index in [1.54, 1.807) is 11.6 Å². The third-order valence-corrected chi connectivity index (χ3v) is 3.33. The highest BCUT2D eigenvalue weighted by molar-refractivity contribution is 5.91. The third-order valence-electron chi connectivity index (χ3n) is 3.33.